The fourth-order valence-electron chi connectivity index (χ4n) is 2.94. The third-order valence-electron chi connectivity index (χ3n) is 4.39. The Hall–Kier alpha value is -2.64. The van der Waals surface area contributed by atoms with Crippen LogP contribution in [0.3, 0.4) is 0 Å². The molecule has 1 aromatic carbocycles. The highest BCUT2D eigenvalue weighted by Crippen LogP contribution is 2.29. The zero-order valence-electron chi connectivity index (χ0n) is 14.3. The Kier molecular flexibility index (Phi) is 4.96. The summed E-state index contributed by atoms with van der Waals surface area (Å²) in [6, 6.07) is 8.97. The number of halogens is 1. The van der Waals surface area contributed by atoms with Crippen LogP contribution in [-0.2, 0) is 24.2 Å². The van der Waals surface area contributed by atoms with Crippen molar-refractivity contribution >= 4 is 39.9 Å². The standard InChI is InChI=1S/C19H16ClN3O3S/c20-14-4-2-1-3-12(14)9-17(24)23-7-5-15-16(10-23)27-19(21-15)22-18(25)13-6-8-26-11-13/h1-4,6,8,11H,5,7,9-10H2,(H,21,22,25). The molecule has 1 N–H and O–H groups in total. The summed E-state index contributed by atoms with van der Waals surface area (Å²) in [5, 5.41) is 3.92. The molecule has 3 heterocycles. The zero-order chi connectivity index (χ0) is 18.8. The second kappa shape index (κ2) is 7.54. The van der Waals surface area contributed by atoms with Gasteiger partial charge >= 0.3 is 0 Å². The molecule has 0 spiro atoms. The van der Waals surface area contributed by atoms with Crippen LogP contribution in [0.25, 0.3) is 0 Å². The van der Waals surface area contributed by atoms with Crippen LogP contribution in [0.5, 0.6) is 0 Å². The lowest BCUT2D eigenvalue weighted by atomic mass is 10.1. The molecular weight excluding hydrogens is 386 g/mol. The van der Waals surface area contributed by atoms with Crippen LogP contribution >= 0.6 is 22.9 Å². The van der Waals surface area contributed by atoms with E-state index in [0.29, 0.717) is 35.2 Å². The number of rotatable bonds is 4. The smallest absolute Gasteiger partial charge is 0.260 e. The van der Waals surface area contributed by atoms with Gasteiger partial charge in [-0.3, -0.25) is 14.9 Å². The van der Waals surface area contributed by atoms with Crippen LogP contribution in [0.4, 0.5) is 5.13 Å². The molecule has 3 aromatic rings. The first-order valence-corrected chi connectivity index (χ1v) is 9.63. The highest BCUT2D eigenvalue weighted by molar-refractivity contribution is 7.15. The summed E-state index contributed by atoms with van der Waals surface area (Å²) >= 11 is 7.55. The van der Waals surface area contributed by atoms with Gasteiger partial charge < -0.3 is 9.32 Å². The number of hydrogen-bond donors (Lipinski definition) is 1. The van der Waals surface area contributed by atoms with Gasteiger partial charge in [0.2, 0.25) is 5.91 Å². The van der Waals surface area contributed by atoms with Crippen LogP contribution in [0.15, 0.2) is 47.3 Å². The van der Waals surface area contributed by atoms with Gasteiger partial charge in [0.1, 0.15) is 6.26 Å². The fraction of sp³-hybridized carbons (Fsp3) is 0.211. The second-order valence-corrected chi connectivity index (χ2v) is 7.68. The average molecular weight is 402 g/mol. The predicted octanol–water partition coefficient (Wildman–Crippen LogP) is 3.77. The van der Waals surface area contributed by atoms with Gasteiger partial charge in [-0.1, -0.05) is 41.1 Å². The molecule has 27 heavy (non-hydrogen) atoms. The normalized spacial score (nSPS) is 13.3. The molecule has 0 fully saturated rings. The third-order valence-corrected chi connectivity index (χ3v) is 5.75. The first-order valence-electron chi connectivity index (χ1n) is 8.43. The maximum absolute atomic E-state index is 12.6. The number of aromatic nitrogens is 1. The number of benzene rings is 1. The molecule has 0 unspecified atom stereocenters. The Morgan fingerprint density at radius 1 is 1.30 bits per heavy atom. The zero-order valence-corrected chi connectivity index (χ0v) is 15.8. The van der Waals surface area contributed by atoms with E-state index in [2.05, 4.69) is 10.3 Å². The number of hydrogen-bond acceptors (Lipinski definition) is 5. The largest absolute Gasteiger partial charge is 0.472 e. The molecule has 4 rings (SSSR count). The van der Waals surface area contributed by atoms with E-state index >= 15 is 0 Å². The highest BCUT2D eigenvalue weighted by atomic mass is 35.5. The molecule has 2 aromatic heterocycles. The van der Waals surface area contributed by atoms with Gasteiger partial charge in [-0.25, -0.2) is 4.98 Å². The summed E-state index contributed by atoms with van der Waals surface area (Å²) < 4.78 is 4.92. The van der Waals surface area contributed by atoms with Gasteiger partial charge in [0.05, 0.1) is 30.5 Å². The fourth-order valence-corrected chi connectivity index (χ4v) is 4.16. The molecule has 0 aliphatic carbocycles. The summed E-state index contributed by atoms with van der Waals surface area (Å²) in [6.07, 6.45) is 3.78. The summed E-state index contributed by atoms with van der Waals surface area (Å²) in [6.45, 7) is 1.10. The van der Waals surface area contributed by atoms with Crippen molar-refractivity contribution in [3.05, 3.63) is 69.6 Å². The van der Waals surface area contributed by atoms with Gasteiger partial charge in [0, 0.05) is 22.9 Å². The quantitative estimate of drug-likeness (QED) is 0.722. The lowest BCUT2D eigenvalue weighted by molar-refractivity contribution is -0.131. The summed E-state index contributed by atoms with van der Waals surface area (Å²) in [7, 11) is 0. The van der Waals surface area contributed by atoms with E-state index in [4.69, 9.17) is 16.0 Å². The first kappa shape index (κ1) is 17.8. The molecule has 138 valence electrons. The van der Waals surface area contributed by atoms with Gasteiger partial charge in [0.15, 0.2) is 5.13 Å². The summed E-state index contributed by atoms with van der Waals surface area (Å²) in [5.41, 5.74) is 2.20. The van der Waals surface area contributed by atoms with E-state index in [1.54, 1.807) is 12.1 Å². The molecule has 6 nitrogen and oxygen atoms in total. The van der Waals surface area contributed by atoms with Gasteiger partial charge in [0.25, 0.3) is 5.91 Å². The van der Waals surface area contributed by atoms with Crippen molar-refractivity contribution in [1.82, 2.24) is 9.88 Å². The molecule has 1 aliphatic rings. The maximum Gasteiger partial charge on any atom is 0.260 e. The number of furan rings is 1. The first-order chi connectivity index (χ1) is 13.1. The average Bonchev–Trinajstić information content (AvgIpc) is 3.32. The van der Waals surface area contributed by atoms with Gasteiger partial charge in [-0.15, -0.1) is 0 Å². The second-order valence-electron chi connectivity index (χ2n) is 6.19. The molecule has 0 radical (unpaired) electrons. The molecule has 0 saturated heterocycles. The van der Waals surface area contributed by atoms with Crippen molar-refractivity contribution in [3.63, 3.8) is 0 Å². The Morgan fingerprint density at radius 3 is 2.93 bits per heavy atom. The number of carbonyl (C=O) groups excluding carboxylic acids is 2. The number of nitrogens with zero attached hydrogens (tertiary/aromatic N) is 2. The Bertz CT molecular complexity index is 984. The number of carbonyl (C=O) groups is 2. The van der Waals surface area contributed by atoms with E-state index in [1.807, 2.05) is 23.1 Å². The van der Waals surface area contributed by atoms with Crippen LogP contribution in [-0.4, -0.2) is 28.2 Å². The molecule has 0 atom stereocenters. The van der Waals surface area contributed by atoms with Gasteiger partial charge in [-0.2, -0.15) is 0 Å². The molecule has 8 heteroatoms. The van der Waals surface area contributed by atoms with Crippen molar-refractivity contribution in [3.8, 4) is 0 Å². The lowest BCUT2D eigenvalue weighted by Crippen LogP contribution is -2.36. The monoisotopic (exact) mass is 401 g/mol. The van der Waals surface area contributed by atoms with E-state index in [0.717, 1.165) is 16.1 Å². The number of anilines is 1. The van der Waals surface area contributed by atoms with Crippen LogP contribution < -0.4 is 5.32 Å². The SMILES string of the molecule is O=C(Nc1nc2c(s1)CN(C(=O)Cc1ccccc1Cl)CC2)c1ccoc1. The minimum Gasteiger partial charge on any atom is -0.472 e. The van der Waals surface area contributed by atoms with Crippen LogP contribution in [0.2, 0.25) is 5.02 Å². The minimum atomic E-state index is -0.263. The Morgan fingerprint density at radius 2 is 2.15 bits per heavy atom. The van der Waals surface area contributed by atoms with Crippen molar-refractivity contribution < 1.29 is 14.0 Å². The van der Waals surface area contributed by atoms with Crippen molar-refractivity contribution in [2.75, 3.05) is 11.9 Å². The molecule has 0 saturated carbocycles. The molecule has 0 bridgehead atoms. The topological polar surface area (TPSA) is 75.4 Å². The van der Waals surface area contributed by atoms with E-state index in [1.165, 1.54) is 23.9 Å². The Balaban J connectivity index is 1.42. The molecule has 2 amide bonds. The van der Waals surface area contributed by atoms with E-state index < -0.39 is 0 Å². The number of nitrogens with one attached hydrogen (secondary N) is 1. The Labute approximate surface area is 164 Å². The maximum atomic E-state index is 12.6. The van der Waals surface area contributed by atoms with E-state index in [-0.39, 0.29) is 18.2 Å². The van der Waals surface area contributed by atoms with Crippen molar-refractivity contribution in [2.24, 2.45) is 0 Å². The summed E-state index contributed by atoms with van der Waals surface area (Å²) in [5.74, 6) is -0.229. The van der Waals surface area contributed by atoms with Crippen LogP contribution in [0.1, 0.15) is 26.5 Å². The van der Waals surface area contributed by atoms with E-state index in [9.17, 15) is 9.59 Å². The summed E-state index contributed by atoms with van der Waals surface area (Å²) in [4.78, 5) is 32.1. The molecular formula is C19H16ClN3O3S. The number of fused-ring (bicyclic) bond motifs is 1. The lowest BCUT2D eigenvalue weighted by Gasteiger charge is -2.26. The number of amides is 2. The van der Waals surface area contributed by atoms with Gasteiger partial charge in [-0.05, 0) is 17.7 Å². The highest BCUT2D eigenvalue weighted by Gasteiger charge is 2.25. The van der Waals surface area contributed by atoms with Crippen LogP contribution in [0, 0.1) is 0 Å². The van der Waals surface area contributed by atoms with Crippen molar-refractivity contribution in [2.45, 2.75) is 19.4 Å². The van der Waals surface area contributed by atoms with Crippen molar-refractivity contribution in [1.29, 1.82) is 0 Å². The third kappa shape index (κ3) is 3.89. The predicted molar refractivity (Wildman–Crippen MR) is 103 cm³/mol. The molecule has 1 aliphatic heterocycles. The minimum absolute atomic E-state index is 0.0335. The number of thiazole rings is 1.